The number of nitrogens with zero attached hydrogens (tertiary/aromatic N) is 2. The lowest BCUT2D eigenvalue weighted by molar-refractivity contribution is 0.181. The van der Waals surface area contributed by atoms with Crippen LogP contribution >= 0.6 is 0 Å². The van der Waals surface area contributed by atoms with E-state index >= 15 is 0 Å². The van der Waals surface area contributed by atoms with E-state index in [0.29, 0.717) is 24.4 Å². The fraction of sp³-hybridized carbons (Fsp3) is 0.375. The van der Waals surface area contributed by atoms with E-state index in [0.717, 1.165) is 11.3 Å². The summed E-state index contributed by atoms with van der Waals surface area (Å²) < 4.78 is 11.6. The lowest BCUT2D eigenvalue weighted by Crippen LogP contribution is -2.30. The molecule has 0 aliphatic carbocycles. The van der Waals surface area contributed by atoms with Gasteiger partial charge in [0.25, 0.3) is 5.56 Å². The molecule has 0 radical (unpaired) electrons. The van der Waals surface area contributed by atoms with Gasteiger partial charge in [-0.05, 0) is 37.3 Å². The van der Waals surface area contributed by atoms with Crippen molar-refractivity contribution in [3.8, 4) is 17.0 Å². The highest BCUT2D eigenvalue weighted by molar-refractivity contribution is 5.60. The minimum absolute atomic E-state index is 0.177. The van der Waals surface area contributed by atoms with Crippen LogP contribution in [0.1, 0.15) is 18.5 Å². The van der Waals surface area contributed by atoms with Gasteiger partial charge in [0.1, 0.15) is 5.75 Å². The van der Waals surface area contributed by atoms with Crippen molar-refractivity contribution in [2.45, 2.75) is 19.5 Å². The van der Waals surface area contributed by atoms with Gasteiger partial charge in [0.05, 0.1) is 26.0 Å². The maximum Gasteiger partial charge on any atom is 0.271 e. The third kappa shape index (κ3) is 3.52. The molecule has 6 nitrogen and oxygen atoms in total. The average molecular weight is 303 g/mol. The molecule has 0 aliphatic heterocycles. The van der Waals surface area contributed by atoms with Crippen LogP contribution in [-0.2, 0) is 11.3 Å². The maximum absolute atomic E-state index is 12.3. The Bertz CT molecular complexity index is 678. The number of rotatable bonds is 6. The number of aromatic nitrogens is 2. The number of hydrogen-bond acceptors (Lipinski definition) is 5. The lowest BCUT2D eigenvalue weighted by atomic mass is 10.1. The molecule has 2 aromatic rings. The van der Waals surface area contributed by atoms with Crippen LogP contribution in [0.15, 0.2) is 35.1 Å². The monoisotopic (exact) mass is 303 g/mol. The van der Waals surface area contributed by atoms with Crippen molar-refractivity contribution in [1.82, 2.24) is 9.78 Å². The van der Waals surface area contributed by atoms with Crippen molar-refractivity contribution in [1.29, 1.82) is 0 Å². The molecular weight excluding hydrogens is 282 g/mol. The smallest absolute Gasteiger partial charge is 0.271 e. The molecule has 1 aromatic heterocycles. The zero-order chi connectivity index (χ0) is 16.1. The predicted octanol–water partition coefficient (Wildman–Crippen LogP) is 1.58. The number of methoxy groups -OCH3 is 2. The fourth-order valence-corrected chi connectivity index (χ4v) is 2.12. The lowest BCUT2D eigenvalue weighted by Gasteiger charge is -2.12. The Balaban J connectivity index is 2.49. The van der Waals surface area contributed by atoms with Crippen LogP contribution in [0.25, 0.3) is 11.3 Å². The van der Waals surface area contributed by atoms with Crippen molar-refractivity contribution in [2.24, 2.45) is 5.73 Å². The van der Waals surface area contributed by atoms with E-state index in [2.05, 4.69) is 5.10 Å². The van der Waals surface area contributed by atoms with Crippen molar-refractivity contribution in [3.05, 3.63) is 46.2 Å². The second-order valence-electron chi connectivity index (χ2n) is 5.02. The molecule has 22 heavy (non-hydrogen) atoms. The highest BCUT2D eigenvalue weighted by Crippen LogP contribution is 2.21. The number of hydrogen-bond donors (Lipinski definition) is 1. The second-order valence-corrected chi connectivity index (χ2v) is 5.02. The summed E-state index contributed by atoms with van der Waals surface area (Å²) in [7, 11) is 3.21. The van der Waals surface area contributed by atoms with E-state index < -0.39 is 0 Å². The van der Waals surface area contributed by atoms with Gasteiger partial charge in [-0.3, -0.25) is 4.79 Å². The van der Waals surface area contributed by atoms with E-state index in [1.807, 2.05) is 24.3 Å². The predicted molar refractivity (Wildman–Crippen MR) is 85.0 cm³/mol. The summed E-state index contributed by atoms with van der Waals surface area (Å²) in [5.74, 6) is 0.767. The van der Waals surface area contributed by atoms with Gasteiger partial charge in [0, 0.05) is 24.3 Å². The van der Waals surface area contributed by atoms with Crippen molar-refractivity contribution < 1.29 is 9.47 Å². The Morgan fingerprint density at radius 1 is 1.27 bits per heavy atom. The van der Waals surface area contributed by atoms with Crippen LogP contribution in [0.5, 0.6) is 5.75 Å². The van der Waals surface area contributed by atoms with Crippen LogP contribution in [0.2, 0.25) is 0 Å². The molecule has 1 unspecified atom stereocenters. The molecule has 118 valence electrons. The molecule has 1 aromatic carbocycles. The molecule has 1 heterocycles. The van der Waals surface area contributed by atoms with Gasteiger partial charge in [-0.25, -0.2) is 4.68 Å². The summed E-state index contributed by atoms with van der Waals surface area (Å²) in [5.41, 5.74) is 7.87. The number of ether oxygens (including phenoxy) is 2. The Kier molecular flexibility index (Phi) is 5.30. The number of benzene rings is 1. The zero-order valence-electron chi connectivity index (χ0n) is 13.1. The fourth-order valence-electron chi connectivity index (χ4n) is 2.12. The van der Waals surface area contributed by atoms with Gasteiger partial charge in [0.2, 0.25) is 0 Å². The summed E-state index contributed by atoms with van der Waals surface area (Å²) in [5, 5.41) is 4.41. The van der Waals surface area contributed by atoms with E-state index in [1.165, 1.54) is 4.68 Å². The molecule has 0 spiro atoms. The molecule has 2 N–H and O–H groups in total. The molecule has 1 atom stereocenters. The van der Waals surface area contributed by atoms with Gasteiger partial charge in [-0.15, -0.1) is 0 Å². The van der Waals surface area contributed by atoms with Gasteiger partial charge < -0.3 is 15.2 Å². The topological polar surface area (TPSA) is 79.4 Å². The quantitative estimate of drug-likeness (QED) is 0.876. The molecule has 6 heteroatoms. The van der Waals surface area contributed by atoms with Crippen LogP contribution in [0.4, 0.5) is 0 Å². The molecule has 0 amide bonds. The Labute approximate surface area is 129 Å². The second kappa shape index (κ2) is 7.20. The summed E-state index contributed by atoms with van der Waals surface area (Å²) in [4.78, 5) is 12.3. The van der Waals surface area contributed by atoms with Gasteiger partial charge in [-0.1, -0.05) is 0 Å². The first-order valence-electron chi connectivity index (χ1n) is 7.07. The first-order chi connectivity index (χ1) is 10.6. The zero-order valence-corrected chi connectivity index (χ0v) is 13.1. The molecular formula is C16H21N3O3. The van der Waals surface area contributed by atoms with Crippen molar-refractivity contribution >= 4 is 0 Å². The first-order valence-corrected chi connectivity index (χ1v) is 7.07. The van der Waals surface area contributed by atoms with E-state index in [-0.39, 0.29) is 11.6 Å². The largest absolute Gasteiger partial charge is 0.497 e. The molecule has 0 aliphatic rings. The summed E-state index contributed by atoms with van der Waals surface area (Å²) in [6.07, 6.45) is 0. The van der Waals surface area contributed by atoms with Gasteiger partial charge in [-0.2, -0.15) is 5.10 Å². The van der Waals surface area contributed by atoms with E-state index in [1.54, 1.807) is 27.2 Å². The Morgan fingerprint density at radius 3 is 2.50 bits per heavy atom. The molecule has 0 bridgehead atoms. The van der Waals surface area contributed by atoms with Crippen molar-refractivity contribution in [2.75, 3.05) is 20.8 Å². The minimum Gasteiger partial charge on any atom is -0.497 e. The van der Waals surface area contributed by atoms with E-state index in [9.17, 15) is 4.79 Å². The molecule has 0 saturated carbocycles. The van der Waals surface area contributed by atoms with Gasteiger partial charge >= 0.3 is 0 Å². The molecule has 2 rings (SSSR count). The van der Waals surface area contributed by atoms with Crippen LogP contribution < -0.4 is 16.0 Å². The normalized spacial score (nSPS) is 12.2. The Hall–Kier alpha value is -2.18. The third-order valence-electron chi connectivity index (χ3n) is 3.39. The standard InChI is InChI=1S/C16H21N3O3/c1-11(17)14-10-15(12-4-6-13(22-3)7-5-12)18-19(16(14)20)8-9-21-2/h4-7,10-11H,8-9,17H2,1-3H3. The molecule has 0 fully saturated rings. The summed E-state index contributed by atoms with van der Waals surface area (Å²) in [6, 6.07) is 8.90. The van der Waals surface area contributed by atoms with Crippen LogP contribution in [0.3, 0.4) is 0 Å². The third-order valence-corrected chi connectivity index (χ3v) is 3.39. The van der Waals surface area contributed by atoms with Crippen molar-refractivity contribution in [3.63, 3.8) is 0 Å². The SMILES string of the molecule is COCCn1nc(-c2ccc(OC)cc2)cc(C(C)N)c1=O. The highest BCUT2D eigenvalue weighted by atomic mass is 16.5. The highest BCUT2D eigenvalue weighted by Gasteiger charge is 2.13. The minimum atomic E-state index is -0.360. The van der Waals surface area contributed by atoms with Crippen LogP contribution in [-0.4, -0.2) is 30.6 Å². The van der Waals surface area contributed by atoms with Crippen LogP contribution in [0, 0.1) is 0 Å². The first kappa shape index (κ1) is 16.2. The summed E-state index contributed by atoms with van der Waals surface area (Å²) >= 11 is 0. The molecule has 0 saturated heterocycles. The number of nitrogens with two attached hydrogens (primary N) is 1. The summed E-state index contributed by atoms with van der Waals surface area (Å²) in [6.45, 7) is 2.59. The Morgan fingerprint density at radius 2 is 1.95 bits per heavy atom. The average Bonchev–Trinajstić information content (AvgIpc) is 2.53. The maximum atomic E-state index is 12.3. The van der Waals surface area contributed by atoms with Gasteiger partial charge in [0.15, 0.2) is 0 Å². The van der Waals surface area contributed by atoms with E-state index in [4.69, 9.17) is 15.2 Å².